The summed E-state index contributed by atoms with van der Waals surface area (Å²) in [6.45, 7) is 5.64. The maximum absolute atomic E-state index is 12.8. The molecule has 1 saturated heterocycles. The zero-order chi connectivity index (χ0) is 20.0. The Hall–Kier alpha value is -2.30. The minimum Gasteiger partial charge on any atom is -0.490 e. The maximum atomic E-state index is 12.8. The third kappa shape index (κ3) is 5.15. The number of fused-ring (bicyclic) bond motifs is 1. The van der Waals surface area contributed by atoms with E-state index in [0.717, 1.165) is 38.0 Å². The maximum Gasteiger partial charge on any atom is 0.255 e. The molecule has 3 rings (SSSR count). The van der Waals surface area contributed by atoms with Crippen molar-refractivity contribution in [2.24, 2.45) is 0 Å². The molecule has 1 aromatic carbocycles. The van der Waals surface area contributed by atoms with Crippen molar-refractivity contribution >= 4 is 5.91 Å². The van der Waals surface area contributed by atoms with Crippen molar-refractivity contribution in [3.8, 4) is 17.6 Å². The average Bonchev–Trinajstić information content (AvgIpc) is 2.93. The number of unbranched alkanes of at least 4 members (excludes halogenated alkanes) is 1. The minimum absolute atomic E-state index is 0.210. The number of likely N-dealkylation sites (tertiary alicyclic amines) is 1. The van der Waals surface area contributed by atoms with Gasteiger partial charge in [0.2, 0.25) is 0 Å². The third-order valence-corrected chi connectivity index (χ3v) is 5.36. The van der Waals surface area contributed by atoms with Gasteiger partial charge in [-0.1, -0.05) is 0 Å². The summed E-state index contributed by atoms with van der Waals surface area (Å²) in [6.07, 6.45) is 3.39. The molecule has 2 aliphatic rings. The van der Waals surface area contributed by atoms with Crippen molar-refractivity contribution in [1.29, 1.82) is 5.26 Å². The monoisotopic (exact) mass is 387 g/mol. The lowest BCUT2D eigenvalue weighted by Gasteiger charge is -2.38. The van der Waals surface area contributed by atoms with Crippen molar-refractivity contribution in [2.45, 2.75) is 44.6 Å². The van der Waals surface area contributed by atoms with Gasteiger partial charge in [-0.25, -0.2) is 0 Å². The summed E-state index contributed by atoms with van der Waals surface area (Å²) in [7, 11) is 0. The van der Waals surface area contributed by atoms with Gasteiger partial charge in [0.05, 0.1) is 30.4 Å². The molecule has 1 aromatic rings. The van der Waals surface area contributed by atoms with Crippen LogP contribution in [0.2, 0.25) is 0 Å². The minimum atomic E-state index is -0.903. The fourth-order valence-electron chi connectivity index (χ4n) is 3.67. The molecular formula is C21H29N3O4. The second-order valence-corrected chi connectivity index (χ2v) is 7.70. The molecule has 0 saturated carbocycles. The molecule has 0 spiro atoms. The van der Waals surface area contributed by atoms with Crippen molar-refractivity contribution in [3.63, 3.8) is 0 Å². The molecular weight excluding hydrogens is 358 g/mol. The zero-order valence-corrected chi connectivity index (χ0v) is 16.5. The fourth-order valence-corrected chi connectivity index (χ4v) is 3.67. The van der Waals surface area contributed by atoms with Crippen molar-refractivity contribution in [3.05, 3.63) is 23.3 Å². The Balaban J connectivity index is 1.57. The molecule has 2 aliphatic heterocycles. The molecule has 7 nitrogen and oxygen atoms in total. The Morgan fingerprint density at radius 2 is 2.07 bits per heavy atom. The first-order valence-corrected chi connectivity index (χ1v) is 10.0. The van der Waals surface area contributed by atoms with Gasteiger partial charge in [-0.3, -0.25) is 4.79 Å². The smallest absolute Gasteiger partial charge is 0.255 e. The Kier molecular flexibility index (Phi) is 6.76. The number of ether oxygens (including phenoxy) is 2. The summed E-state index contributed by atoms with van der Waals surface area (Å²) in [4.78, 5) is 15.1. The van der Waals surface area contributed by atoms with Crippen molar-refractivity contribution in [2.75, 3.05) is 39.4 Å². The van der Waals surface area contributed by atoms with Crippen LogP contribution in [0, 0.1) is 18.3 Å². The summed E-state index contributed by atoms with van der Waals surface area (Å²) in [5.74, 6) is 0.835. The number of piperidine rings is 1. The highest BCUT2D eigenvalue weighted by molar-refractivity contribution is 5.98. The van der Waals surface area contributed by atoms with Crippen LogP contribution in [0.4, 0.5) is 0 Å². The summed E-state index contributed by atoms with van der Waals surface area (Å²) < 4.78 is 11.5. The van der Waals surface area contributed by atoms with Crippen LogP contribution >= 0.6 is 0 Å². The number of nitriles is 1. The van der Waals surface area contributed by atoms with Crippen molar-refractivity contribution < 1.29 is 19.4 Å². The van der Waals surface area contributed by atoms with Crippen LogP contribution in [-0.4, -0.2) is 60.9 Å². The Bertz CT molecular complexity index is 736. The van der Waals surface area contributed by atoms with E-state index in [1.165, 1.54) is 0 Å². The van der Waals surface area contributed by atoms with Crippen LogP contribution in [0.3, 0.4) is 0 Å². The summed E-state index contributed by atoms with van der Waals surface area (Å²) in [5.41, 5.74) is 0.479. The van der Waals surface area contributed by atoms with Gasteiger partial charge in [0.15, 0.2) is 11.5 Å². The Morgan fingerprint density at radius 1 is 1.32 bits per heavy atom. The van der Waals surface area contributed by atoms with E-state index in [4.69, 9.17) is 14.7 Å². The normalized spacial score (nSPS) is 18.8. The molecule has 7 heteroatoms. The molecule has 28 heavy (non-hydrogen) atoms. The van der Waals surface area contributed by atoms with Gasteiger partial charge < -0.3 is 24.8 Å². The lowest BCUT2D eigenvalue weighted by Crippen LogP contribution is -2.51. The van der Waals surface area contributed by atoms with Gasteiger partial charge in [0.1, 0.15) is 0 Å². The number of carbonyl (C=O) groups excluding carboxylic acids is 1. The van der Waals surface area contributed by atoms with E-state index in [9.17, 15) is 9.90 Å². The second kappa shape index (κ2) is 9.26. The molecule has 0 aliphatic carbocycles. The molecule has 0 unspecified atom stereocenters. The molecule has 0 aromatic heterocycles. The first-order valence-electron chi connectivity index (χ1n) is 10.0. The van der Waals surface area contributed by atoms with E-state index in [-0.39, 0.29) is 12.5 Å². The summed E-state index contributed by atoms with van der Waals surface area (Å²) >= 11 is 0. The number of carbonyl (C=O) groups is 1. The number of hydrogen-bond acceptors (Lipinski definition) is 6. The second-order valence-electron chi connectivity index (χ2n) is 7.70. The van der Waals surface area contributed by atoms with Gasteiger partial charge in [-0.15, -0.1) is 0 Å². The predicted molar refractivity (Wildman–Crippen MR) is 105 cm³/mol. The molecule has 0 bridgehead atoms. The van der Waals surface area contributed by atoms with Crippen LogP contribution < -0.4 is 14.8 Å². The van der Waals surface area contributed by atoms with Gasteiger partial charge in [-0.05, 0) is 50.4 Å². The molecule has 2 heterocycles. The largest absolute Gasteiger partial charge is 0.490 e. The van der Waals surface area contributed by atoms with E-state index in [1.807, 2.05) is 13.0 Å². The van der Waals surface area contributed by atoms with Gasteiger partial charge >= 0.3 is 0 Å². The lowest BCUT2D eigenvalue weighted by atomic mass is 9.91. The predicted octanol–water partition coefficient (Wildman–Crippen LogP) is 2.02. The van der Waals surface area contributed by atoms with Crippen LogP contribution in [0.15, 0.2) is 12.1 Å². The molecule has 1 fully saturated rings. The highest BCUT2D eigenvalue weighted by Gasteiger charge is 2.33. The Labute approximate surface area is 166 Å². The standard InChI is InChI=1S/C21H29N3O4/c1-16-13-17(19-18(14-16)27-11-4-12-28-19)20(25)23-15-21(26)5-9-24(10-6-21)8-3-2-7-22/h13-14,26H,2-6,8-12,15H2,1H3,(H,23,25). The number of amides is 1. The van der Waals surface area contributed by atoms with Crippen LogP contribution in [0.25, 0.3) is 0 Å². The number of hydrogen-bond donors (Lipinski definition) is 2. The topological polar surface area (TPSA) is 94.8 Å². The number of aliphatic hydroxyl groups is 1. The van der Waals surface area contributed by atoms with Gasteiger partial charge in [0, 0.05) is 32.5 Å². The Morgan fingerprint density at radius 3 is 2.82 bits per heavy atom. The number of rotatable bonds is 6. The SMILES string of the molecule is Cc1cc2c(c(C(=O)NCC3(O)CCN(CCCC#N)CC3)c1)OCCCO2. The zero-order valence-electron chi connectivity index (χ0n) is 16.5. The average molecular weight is 387 g/mol. The summed E-state index contributed by atoms with van der Waals surface area (Å²) in [6, 6.07) is 5.84. The van der Waals surface area contributed by atoms with E-state index in [1.54, 1.807) is 6.07 Å². The number of nitrogens with one attached hydrogen (secondary N) is 1. The van der Waals surface area contributed by atoms with Crippen molar-refractivity contribution in [1.82, 2.24) is 10.2 Å². The van der Waals surface area contributed by atoms with Crippen LogP contribution in [0.1, 0.15) is 48.0 Å². The number of aryl methyl sites for hydroxylation is 1. The van der Waals surface area contributed by atoms with E-state index < -0.39 is 5.60 Å². The van der Waals surface area contributed by atoms with Crippen LogP contribution in [-0.2, 0) is 0 Å². The third-order valence-electron chi connectivity index (χ3n) is 5.36. The van der Waals surface area contributed by atoms with Gasteiger partial charge in [0.25, 0.3) is 5.91 Å². The quantitative estimate of drug-likeness (QED) is 0.725. The first kappa shape index (κ1) is 20.4. The highest BCUT2D eigenvalue weighted by atomic mass is 16.5. The first-order chi connectivity index (χ1) is 13.5. The molecule has 2 N–H and O–H groups in total. The van der Waals surface area contributed by atoms with E-state index in [0.29, 0.717) is 49.5 Å². The summed E-state index contributed by atoms with van der Waals surface area (Å²) in [5, 5.41) is 22.4. The fraction of sp³-hybridized carbons (Fsp3) is 0.619. The molecule has 1 amide bonds. The molecule has 152 valence electrons. The molecule has 0 atom stereocenters. The van der Waals surface area contributed by atoms with E-state index in [2.05, 4.69) is 16.3 Å². The lowest BCUT2D eigenvalue weighted by molar-refractivity contribution is -0.0190. The van der Waals surface area contributed by atoms with E-state index >= 15 is 0 Å². The van der Waals surface area contributed by atoms with Gasteiger partial charge in [-0.2, -0.15) is 5.26 Å². The highest BCUT2D eigenvalue weighted by Crippen LogP contribution is 2.35. The number of nitrogens with zero attached hydrogens (tertiary/aromatic N) is 2. The molecule has 0 radical (unpaired) electrons. The number of benzene rings is 1. The van der Waals surface area contributed by atoms with Crippen LogP contribution in [0.5, 0.6) is 11.5 Å².